The van der Waals surface area contributed by atoms with Crippen molar-refractivity contribution >= 4 is 29.3 Å². The highest BCUT2D eigenvalue weighted by Crippen LogP contribution is 2.32. The second kappa shape index (κ2) is 6.28. The van der Waals surface area contributed by atoms with E-state index in [0.717, 1.165) is 16.8 Å². The smallest absolute Gasteiger partial charge is 0.248 e. The summed E-state index contributed by atoms with van der Waals surface area (Å²) in [5.41, 5.74) is 3.37. The Kier molecular flexibility index (Phi) is 4.16. The number of fused-ring (bicyclic) bond motifs is 1. The quantitative estimate of drug-likeness (QED) is 0.843. The summed E-state index contributed by atoms with van der Waals surface area (Å²) in [7, 11) is 0. The van der Waals surface area contributed by atoms with E-state index in [1.807, 2.05) is 25.1 Å². The van der Waals surface area contributed by atoms with Gasteiger partial charge in [-0.05, 0) is 49.2 Å². The van der Waals surface area contributed by atoms with Crippen LogP contribution < -0.4 is 10.6 Å². The molecule has 3 rings (SSSR count). The minimum Gasteiger partial charge on any atom is -0.325 e. The first-order chi connectivity index (χ1) is 11.5. The van der Waals surface area contributed by atoms with Crippen LogP contribution in [0.25, 0.3) is 6.08 Å². The standard InChI is InChI=1S/C19H17FN2O2/c1-11-14-8-6-13(10-17(14)22-19(11)24)7-9-18(23)21-16-5-3-4-15(20)12(16)2/h3-11H,1-2H3,(H,21,23)(H,22,24)/b9-7+. The number of hydrogen-bond acceptors (Lipinski definition) is 2. The summed E-state index contributed by atoms with van der Waals surface area (Å²) in [6.45, 7) is 3.46. The highest BCUT2D eigenvalue weighted by molar-refractivity contribution is 6.04. The number of hydrogen-bond donors (Lipinski definition) is 2. The molecule has 1 aliphatic rings. The molecule has 1 unspecified atom stereocenters. The van der Waals surface area contributed by atoms with Crippen molar-refractivity contribution in [2.45, 2.75) is 19.8 Å². The molecule has 0 aliphatic carbocycles. The van der Waals surface area contributed by atoms with Crippen LogP contribution in [0.1, 0.15) is 29.5 Å². The Morgan fingerprint density at radius 1 is 1.29 bits per heavy atom. The molecule has 0 aromatic heterocycles. The van der Waals surface area contributed by atoms with Crippen LogP contribution in [0.3, 0.4) is 0 Å². The van der Waals surface area contributed by atoms with Crippen LogP contribution in [-0.4, -0.2) is 11.8 Å². The second-order valence-electron chi connectivity index (χ2n) is 5.79. The first-order valence-corrected chi connectivity index (χ1v) is 7.64. The highest BCUT2D eigenvalue weighted by atomic mass is 19.1. The molecule has 2 amide bonds. The van der Waals surface area contributed by atoms with E-state index in [0.29, 0.717) is 11.3 Å². The molecule has 24 heavy (non-hydrogen) atoms. The molecule has 0 bridgehead atoms. The van der Waals surface area contributed by atoms with Crippen LogP contribution in [0.4, 0.5) is 15.8 Å². The Balaban J connectivity index is 1.72. The van der Waals surface area contributed by atoms with Gasteiger partial charge in [-0.15, -0.1) is 0 Å². The number of nitrogens with one attached hydrogen (secondary N) is 2. The zero-order valence-corrected chi connectivity index (χ0v) is 13.4. The molecule has 1 heterocycles. The summed E-state index contributed by atoms with van der Waals surface area (Å²) in [6, 6.07) is 10.1. The fourth-order valence-corrected chi connectivity index (χ4v) is 2.63. The number of carbonyl (C=O) groups excluding carboxylic acids is 2. The lowest BCUT2D eigenvalue weighted by Gasteiger charge is -2.06. The van der Waals surface area contributed by atoms with Crippen LogP contribution in [-0.2, 0) is 9.59 Å². The van der Waals surface area contributed by atoms with Gasteiger partial charge in [0.15, 0.2) is 0 Å². The first-order valence-electron chi connectivity index (χ1n) is 7.64. The first kappa shape index (κ1) is 15.9. The van der Waals surface area contributed by atoms with Gasteiger partial charge in [-0.3, -0.25) is 9.59 Å². The molecule has 0 spiro atoms. The molecule has 0 saturated heterocycles. The van der Waals surface area contributed by atoms with Crippen LogP contribution in [0.2, 0.25) is 0 Å². The Hall–Kier alpha value is -2.95. The van der Waals surface area contributed by atoms with Crippen LogP contribution in [0.15, 0.2) is 42.5 Å². The fourth-order valence-electron chi connectivity index (χ4n) is 2.63. The lowest BCUT2D eigenvalue weighted by Crippen LogP contribution is -2.09. The van der Waals surface area contributed by atoms with Crippen LogP contribution in [0, 0.1) is 12.7 Å². The molecule has 2 aromatic rings. The molecule has 0 fully saturated rings. The maximum atomic E-state index is 13.5. The topological polar surface area (TPSA) is 58.2 Å². The number of amides is 2. The maximum absolute atomic E-state index is 13.5. The average Bonchev–Trinajstić information content (AvgIpc) is 2.84. The Labute approximate surface area is 139 Å². The molecule has 122 valence electrons. The third kappa shape index (κ3) is 3.06. The summed E-state index contributed by atoms with van der Waals surface area (Å²) in [5, 5.41) is 5.47. The zero-order chi connectivity index (χ0) is 17.3. The Morgan fingerprint density at radius 2 is 2.08 bits per heavy atom. The van der Waals surface area contributed by atoms with Crippen molar-refractivity contribution < 1.29 is 14.0 Å². The monoisotopic (exact) mass is 324 g/mol. The number of halogens is 1. The van der Waals surface area contributed by atoms with E-state index in [-0.39, 0.29) is 23.5 Å². The van der Waals surface area contributed by atoms with Crippen LogP contribution in [0.5, 0.6) is 0 Å². The Morgan fingerprint density at radius 3 is 2.88 bits per heavy atom. The van der Waals surface area contributed by atoms with E-state index >= 15 is 0 Å². The molecule has 0 radical (unpaired) electrons. The SMILES string of the molecule is Cc1c(F)cccc1NC(=O)/C=C/c1ccc2c(c1)NC(=O)C2C. The van der Waals surface area contributed by atoms with Crippen molar-refractivity contribution in [3.63, 3.8) is 0 Å². The lowest BCUT2D eigenvalue weighted by atomic mass is 10.0. The summed E-state index contributed by atoms with van der Waals surface area (Å²) < 4.78 is 13.5. The average molecular weight is 324 g/mol. The maximum Gasteiger partial charge on any atom is 0.248 e. The molecular weight excluding hydrogens is 307 g/mol. The van der Waals surface area contributed by atoms with Crippen molar-refractivity contribution in [2.75, 3.05) is 10.6 Å². The van der Waals surface area contributed by atoms with Gasteiger partial charge in [-0.25, -0.2) is 4.39 Å². The number of anilines is 2. The third-order valence-corrected chi connectivity index (χ3v) is 4.15. The number of rotatable bonds is 3. The molecule has 4 nitrogen and oxygen atoms in total. The van der Waals surface area contributed by atoms with Crippen molar-refractivity contribution in [3.05, 3.63) is 65.0 Å². The minimum atomic E-state index is -0.361. The van der Waals surface area contributed by atoms with E-state index in [4.69, 9.17) is 0 Å². The van der Waals surface area contributed by atoms with E-state index in [1.54, 1.807) is 25.1 Å². The summed E-state index contributed by atoms with van der Waals surface area (Å²) >= 11 is 0. The highest BCUT2D eigenvalue weighted by Gasteiger charge is 2.25. The van der Waals surface area contributed by atoms with Crippen molar-refractivity contribution in [1.29, 1.82) is 0 Å². The van der Waals surface area contributed by atoms with E-state index in [9.17, 15) is 14.0 Å². The van der Waals surface area contributed by atoms with Gasteiger partial charge in [0.2, 0.25) is 11.8 Å². The molecule has 2 N–H and O–H groups in total. The van der Waals surface area contributed by atoms with Gasteiger partial charge in [0.1, 0.15) is 5.82 Å². The molecule has 5 heteroatoms. The molecule has 1 atom stereocenters. The third-order valence-electron chi connectivity index (χ3n) is 4.15. The van der Waals surface area contributed by atoms with Gasteiger partial charge in [0, 0.05) is 23.0 Å². The molecular formula is C19H17FN2O2. The van der Waals surface area contributed by atoms with Crippen LogP contribution >= 0.6 is 0 Å². The molecule has 2 aromatic carbocycles. The van der Waals surface area contributed by atoms with Crippen molar-refractivity contribution in [3.8, 4) is 0 Å². The summed E-state index contributed by atoms with van der Waals surface area (Å²) in [4.78, 5) is 23.6. The minimum absolute atomic E-state index is 0.0227. The Bertz CT molecular complexity index is 858. The predicted octanol–water partition coefficient (Wildman–Crippen LogP) is 3.84. The zero-order valence-electron chi connectivity index (χ0n) is 13.4. The molecule has 0 saturated carbocycles. The lowest BCUT2D eigenvalue weighted by molar-refractivity contribution is -0.116. The summed E-state index contributed by atoms with van der Waals surface area (Å²) in [5.74, 6) is -0.885. The van der Waals surface area contributed by atoms with Gasteiger partial charge >= 0.3 is 0 Å². The van der Waals surface area contributed by atoms with Gasteiger partial charge in [-0.1, -0.05) is 18.2 Å². The van der Waals surface area contributed by atoms with Crippen molar-refractivity contribution in [1.82, 2.24) is 0 Å². The number of carbonyl (C=O) groups is 2. The predicted molar refractivity (Wildman–Crippen MR) is 92.3 cm³/mol. The van der Waals surface area contributed by atoms with E-state index in [2.05, 4.69) is 10.6 Å². The van der Waals surface area contributed by atoms with Gasteiger partial charge in [-0.2, -0.15) is 0 Å². The summed E-state index contributed by atoms with van der Waals surface area (Å²) in [6.07, 6.45) is 3.03. The fraction of sp³-hybridized carbons (Fsp3) is 0.158. The van der Waals surface area contributed by atoms with Gasteiger partial charge in [0.05, 0.1) is 5.92 Å². The van der Waals surface area contributed by atoms with E-state index < -0.39 is 0 Å². The second-order valence-corrected chi connectivity index (χ2v) is 5.79. The molecule has 1 aliphatic heterocycles. The largest absolute Gasteiger partial charge is 0.325 e. The normalized spacial score (nSPS) is 16.1. The van der Waals surface area contributed by atoms with Gasteiger partial charge in [0.25, 0.3) is 0 Å². The van der Waals surface area contributed by atoms with Crippen molar-refractivity contribution in [2.24, 2.45) is 0 Å². The van der Waals surface area contributed by atoms with E-state index in [1.165, 1.54) is 12.1 Å². The van der Waals surface area contributed by atoms with Gasteiger partial charge < -0.3 is 10.6 Å². The number of benzene rings is 2.